The molecule has 4 nitrogen and oxygen atoms in total. The highest BCUT2D eigenvalue weighted by molar-refractivity contribution is 6.27. The van der Waals surface area contributed by atoms with Crippen LogP contribution in [-0.4, -0.2) is 18.4 Å². The highest BCUT2D eigenvalue weighted by Crippen LogP contribution is 2.31. The van der Waals surface area contributed by atoms with E-state index < -0.39 is 11.8 Å². The topological polar surface area (TPSA) is 52.6 Å². The summed E-state index contributed by atoms with van der Waals surface area (Å²) in [6, 6.07) is 9.43. The lowest BCUT2D eigenvalue weighted by atomic mass is 10.0. The fraction of sp³-hybridized carbons (Fsp3) is 0.250. The van der Waals surface area contributed by atoms with Crippen molar-refractivity contribution in [2.75, 3.05) is 6.61 Å². The Kier molecular flexibility index (Phi) is 4.03. The molecule has 1 aromatic carbocycles. The van der Waals surface area contributed by atoms with E-state index in [4.69, 9.17) is 9.47 Å². The molecule has 4 heteroatoms. The number of ketones is 1. The van der Waals surface area contributed by atoms with Gasteiger partial charge < -0.3 is 9.47 Å². The summed E-state index contributed by atoms with van der Waals surface area (Å²) in [7, 11) is 0. The molecule has 0 saturated carbocycles. The first kappa shape index (κ1) is 14.1. The Morgan fingerprint density at radius 3 is 2.50 bits per heavy atom. The standard InChI is InChI=1S/C16H16O4/c1-4-19-16(18)13-11(3)20-15(14(13)17)10(2)12-8-6-5-7-9-12/h5-9H,4H2,1-3H3/b15-10+. The Bertz CT molecular complexity index is 609. The van der Waals surface area contributed by atoms with Gasteiger partial charge in [0, 0.05) is 5.57 Å². The molecule has 1 aliphatic rings. The zero-order chi connectivity index (χ0) is 14.7. The van der Waals surface area contributed by atoms with Crippen LogP contribution in [0.3, 0.4) is 0 Å². The third-order valence-electron chi connectivity index (χ3n) is 3.07. The average Bonchev–Trinajstić information content (AvgIpc) is 2.74. The van der Waals surface area contributed by atoms with Crippen LogP contribution in [0.1, 0.15) is 26.3 Å². The van der Waals surface area contributed by atoms with E-state index in [2.05, 4.69) is 0 Å². The maximum atomic E-state index is 12.3. The molecular weight excluding hydrogens is 256 g/mol. The predicted octanol–water partition coefficient (Wildman–Crippen LogP) is 2.85. The van der Waals surface area contributed by atoms with Gasteiger partial charge in [0.15, 0.2) is 5.76 Å². The molecule has 2 rings (SSSR count). The third-order valence-corrected chi connectivity index (χ3v) is 3.07. The van der Waals surface area contributed by atoms with Crippen LogP contribution in [0, 0.1) is 0 Å². The fourth-order valence-corrected chi connectivity index (χ4v) is 2.03. The first-order valence-corrected chi connectivity index (χ1v) is 6.43. The lowest BCUT2D eigenvalue weighted by Crippen LogP contribution is -2.14. The SMILES string of the molecule is CCOC(=O)C1=C(C)O/C(=C(\C)c2ccccc2)C1=O. The second-order valence-corrected chi connectivity index (χ2v) is 4.40. The quantitative estimate of drug-likeness (QED) is 0.482. The second kappa shape index (κ2) is 5.74. The lowest BCUT2D eigenvalue weighted by molar-refractivity contribution is -0.139. The number of carbonyl (C=O) groups is 2. The summed E-state index contributed by atoms with van der Waals surface area (Å²) in [6.07, 6.45) is 0. The lowest BCUT2D eigenvalue weighted by Gasteiger charge is -2.05. The Balaban J connectivity index is 2.36. The van der Waals surface area contributed by atoms with E-state index in [1.165, 1.54) is 0 Å². The molecule has 0 aliphatic carbocycles. The van der Waals surface area contributed by atoms with E-state index >= 15 is 0 Å². The number of ether oxygens (including phenoxy) is 2. The van der Waals surface area contributed by atoms with Gasteiger partial charge in [-0.3, -0.25) is 4.79 Å². The minimum atomic E-state index is -0.633. The molecule has 0 aromatic heterocycles. The third kappa shape index (κ3) is 2.50. The molecule has 0 unspecified atom stereocenters. The molecule has 1 aromatic rings. The van der Waals surface area contributed by atoms with E-state index in [1.54, 1.807) is 20.8 Å². The molecule has 1 heterocycles. The zero-order valence-electron chi connectivity index (χ0n) is 11.7. The van der Waals surface area contributed by atoms with Gasteiger partial charge in [0.05, 0.1) is 6.61 Å². The van der Waals surface area contributed by atoms with E-state index in [9.17, 15) is 9.59 Å². The van der Waals surface area contributed by atoms with E-state index in [0.717, 1.165) is 5.56 Å². The molecule has 104 valence electrons. The normalized spacial score (nSPS) is 17.1. The summed E-state index contributed by atoms with van der Waals surface area (Å²) in [6.45, 7) is 5.30. The smallest absolute Gasteiger partial charge is 0.345 e. The Morgan fingerprint density at radius 2 is 1.90 bits per heavy atom. The number of hydrogen-bond donors (Lipinski definition) is 0. The van der Waals surface area contributed by atoms with Crippen molar-refractivity contribution in [1.82, 2.24) is 0 Å². The van der Waals surface area contributed by atoms with Crippen LogP contribution in [-0.2, 0) is 19.1 Å². The van der Waals surface area contributed by atoms with E-state index in [1.807, 2.05) is 30.3 Å². The van der Waals surface area contributed by atoms with Crippen LogP contribution < -0.4 is 0 Å². The predicted molar refractivity (Wildman–Crippen MR) is 74.5 cm³/mol. The molecular formula is C16H16O4. The summed E-state index contributed by atoms with van der Waals surface area (Å²) < 4.78 is 10.4. The van der Waals surface area contributed by atoms with Crippen LogP contribution in [0.5, 0.6) is 0 Å². The largest absolute Gasteiger partial charge is 0.462 e. The first-order valence-electron chi connectivity index (χ1n) is 6.43. The van der Waals surface area contributed by atoms with Gasteiger partial charge in [0.25, 0.3) is 0 Å². The molecule has 0 fully saturated rings. The number of rotatable bonds is 3. The molecule has 0 bridgehead atoms. The van der Waals surface area contributed by atoms with Crippen molar-refractivity contribution in [2.45, 2.75) is 20.8 Å². The molecule has 0 N–H and O–H groups in total. The molecule has 0 radical (unpaired) electrons. The summed E-state index contributed by atoms with van der Waals surface area (Å²) in [5, 5.41) is 0. The monoisotopic (exact) mass is 272 g/mol. The average molecular weight is 272 g/mol. The van der Waals surface area contributed by atoms with Gasteiger partial charge in [-0.15, -0.1) is 0 Å². The van der Waals surface area contributed by atoms with Crippen LogP contribution >= 0.6 is 0 Å². The zero-order valence-corrected chi connectivity index (χ0v) is 11.7. The number of Topliss-reactive ketones (excluding diaryl/α,β-unsaturated/α-hetero) is 1. The number of benzene rings is 1. The van der Waals surface area contributed by atoms with Gasteiger partial charge in [-0.1, -0.05) is 30.3 Å². The summed E-state index contributed by atoms with van der Waals surface area (Å²) >= 11 is 0. The number of esters is 1. The van der Waals surface area contributed by atoms with Crippen LogP contribution in [0.2, 0.25) is 0 Å². The summed E-state index contributed by atoms with van der Waals surface area (Å²) in [4.78, 5) is 24.1. The first-order chi connectivity index (χ1) is 9.56. The van der Waals surface area contributed by atoms with Crippen molar-refractivity contribution in [3.05, 3.63) is 53.0 Å². The molecule has 0 saturated heterocycles. The summed E-state index contributed by atoms with van der Waals surface area (Å²) in [5.74, 6) is -0.566. The molecule has 20 heavy (non-hydrogen) atoms. The highest BCUT2D eigenvalue weighted by atomic mass is 16.5. The molecule has 0 spiro atoms. The van der Waals surface area contributed by atoms with Crippen molar-refractivity contribution >= 4 is 17.3 Å². The number of hydrogen-bond acceptors (Lipinski definition) is 4. The Hall–Kier alpha value is -2.36. The van der Waals surface area contributed by atoms with Gasteiger partial charge in [-0.25, -0.2) is 4.79 Å². The fourth-order valence-electron chi connectivity index (χ4n) is 2.03. The van der Waals surface area contributed by atoms with Crippen molar-refractivity contribution in [2.24, 2.45) is 0 Å². The van der Waals surface area contributed by atoms with Crippen molar-refractivity contribution in [3.63, 3.8) is 0 Å². The second-order valence-electron chi connectivity index (χ2n) is 4.40. The van der Waals surface area contributed by atoms with Crippen molar-refractivity contribution < 1.29 is 19.1 Å². The van der Waals surface area contributed by atoms with Gasteiger partial charge >= 0.3 is 5.97 Å². The number of carbonyl (C=O) groups excluding carboxylic acids is 2. The van der Waals surface area contributed by atoms with Gasteiger partial charge in [0.1, 0.15) is 11.3 Å². The van der Waals surface area contributed by atoms with Gasteiger partial charge in [-0.05, 0) is 26.3 Å². The van der Waals surface area contributed by atoms with Gasteiger partial charge in [-0.2, -0.15) is 0 Å². The van der Waals surface area contributed by atoms with Crippen LogP contribution in [0.4, 0.5) is 0 Å². The maximum Gasteiger partial charge on any atom is 0.345 e. The van der Waals surface area contributed by atoms with Crippen LogP contribution in [0.15, 0.2) is 47.4 Å². The maximum absolute atomic E-state index is 12.3. The molecule has 1 aliphatic heterocycles. The van der Waals surface area contributed by atoms with Crippen LogP contribution in [0.25, 0.3) is 5.57 Å². The van der Waals surface area contributed by atoms with Gasteiger partial charge in [0.2, 0.25) is 5.78 Å². The molecule has 0 atom stereocenters. The van der Waals surface area contributed by atoms with E-state index in [-0.39, 0.29) is 17.9 Å². The molecule has 0 amide bonds. The number of allylic oxidation sites excluding steroid dienone is 3. The summed E-state index contributed by atoms with van der Waals surface area (Å²) in [5.41, 5.74) is 1.57. The minimum Gasteiger partial charge on any atom is -0.462 e. The van der Waals surface area contributed by atoms with E-state index in [0.29, 0.717) is 11.3 Å². The Morgan fingerprint density at radius 1 is 1.25 bits per heavy atom. The minimum absolute atomic E-state index is 0.0165. The Labute approximate surface area is 117 Å². The van der Waals surface area contributed by atoms with Crippen molar-refractivity contribution in [3.8, 4) is 0 Å². The highest BCUT2D eigenvalue weighted by Gasteiger charge is 2.35. The van der Waals surface area contributed by atoms with Crippen molar-refractivity contribution in [1.29, 1.82) is 0 Å².